The summed E-state index contributed by atoms with van der Waals surface area (Å²) >= 11 is 0. The molecular weight excluding hydrogens is 366 g/mol. The van der Waals surface area contributed by atoms with Gasteiger partial charge in [-0.25, -0.2) is 8.42 Å². The van der Waals surface area contributed by atoms with Crippen molar-refractivity contribution in [2.75, 3.05) is 56.7 Å². The first-order valence-corrected chi connectivity index (χ1v) is 11.2. The first-order chi connectivity index (χ1) is 12.8. The van der Waals surface area contributed by atoms with Crippen LogP contribution in [0.4, 0.5) is 5.69 Å². The molecule has 0 radical (unpaired) electrons. The molecule has 0 aliphatic carbocycles. The zero-order chi connectivity index (χ0) is 19.6. The molecule has 0 unspecified atom stereocenters. The summed E-state index contributed by atoms with van der Waals surface area (Å²) in [6, 6.07) is 7.59. The second kappa shape index (κ2) is 8.06. The van der Waals surface area contributed by atoms with Crippen LogP contribution in [0.3, 0.4) is 0 Å². The summed E-state index contributed by atoms with van der Waals surface area (Å²) < 4.78 is 28.6. The van der Waals surface area contributed by atoms with Gasteiger partial charge in [-0.05, 0) is 37.6 Å². The lowest BCUT2D eigenvalue weighted by Crippen LogP contribution is -2.55. The maximum atomic E-state index is 12.8. The van der Waals surface area contributed by atoms with Crippen molar-refractivity contribution in [3.63, 3.8) is 0 Å². The van der Waals surface area contributed by atoms with E-state index in [0.29, 0.717) is 6.42 Å². The Labute approximate surface area is 161 Å². The molecule has 2 aliphatic rings. The molecule has 2 aliphatic heterocycles. The fraction of sp³-hybridized carbons (Fsp3) is 0.632. The number of methoxy groups -OCH3 is 1. The molecule has 3 rings (SSSR count). The Bertz CT molecular complexity index is 758. The maximum absolute atomic E-state index is 12.8. The number of carbonyl (C=O) groups excluding carboxylic acids is 1. The molecule has 27 heavy (non-hydrogen) atoms. The van der Waals surface area contributed by atoms with Crippen LogP contribution in [0.5, 0.6) is 5.75 Å². The van der Waals surface area contributed by atoms with Gasteiger partial charge in [0.25, 0.3) is 0 Å². The van der Waals surface area contributed by atoms with Crippen LogP contribution in [0.25, 0.3) is 0 Å². The normalized spacial score (nSPS) is 23.8. The fourth-order valence-electron chi connectivity index (χ4n) is 3.87. The minimum absolute atomic E-state index is 0.00926. The lowest BCUT2D eigenvalue weighted by atomic mass is 10.1. The van der Waals surface area contributed by atoms with Crippen molar-refractivity contribution < 1.29 is 17.9 Å². The second-order valence-corrected chi connectivity index (χ2v) is 9.63. The van der Waals surface area contributed by atoms with Crippen LogP contribution < -0.4 is 9.64 Å². The van der Waals surface area contributed by atoms with Crippen molar-refractivity contribution in [1.29, 1.82) is 0 Å². The van der Waals surface area contributed by atoms with Gasteiger partial charge in [-0.1, -0.05) is 0 Å². The maximum Gasteiger partial charge on any atom is 0.239 e. The number of hydrogen-bond donors (Lipinski definition) is 0. The van der Waals surface area contributed by atoms with Crippen molar-refractivity contribution in [3.8, 4) is 5.75 Å². The van der Waals surface area contributed by atoms with Crippen molar-refractivity contribution >= 4 is 21.4 Å². The lowest BCUT2D eigenvalue weighted by molar-refractivity contribution is -0.136. The monoisotopic (exact) mass is 395 g/mol. The van der Waals surface area contributed by atoms with E-state index in [1.807, 2.05) is 19.1 Å². The summed E-state index contributed by atoms with van der Waals surface area (Å²) in [4.78, 5) is 19.0. The van der Waals surface area contributed by atoms with E-state index in [4.69, 9.17) is 4.74 Å². The summed E-state index contributed by atoms with van der Waals surface area (Å²) in [6.07, 6.45) is 0.544. The van der Waals surface area contributed by atoms with Crippen molar-refractivity contribution in [3.05, 3.63) is 24.3 Å². The fourth-order valence-corrected chi connectivity index (χ4v) is 5.65. The number of benzene rings is 1. The van der Waals surface area contributed by atoms with Crippen LogP contribution in [0.2, 0.25) is 0 Å². The number of likely N-dealkylation sites (N-methyl/N-ethyl adjacent to an activating group) is 1. The Morgan fingerprint density at radius 2 is 1.81 bits per heavy atom. The van der Waals surface area contributed by atoms with Crippen LogP contribution in [-0.2, 0) is 14.6 Å². The number of amides is 1. The van der Waals surface area contributed by atoms with Crippen LogP contribution in [0, 0.1) is 0 Å². The smallest absolute Gasteiger partial charge is 0.239 e. The molecule has 0 bridgehead atoms. The number of hydrogen-bond acceptors (Lipinski definition) is 6. The molecule has 0 saturated carbocycles. The average Bonchev–Trinajstić information content (AvgIpc) is 3.06. The molecule has 1 aromatic rings. The van der Waals surface area contributed by atoms with E-state index in [1.54, 1.807) is 19.1 Å². The van der Waals surface area contributed by atoms with Gasteiger partial charge < -0.3 is 14.5 Å². The predicted molar refractivity (Wildman–Crippen MR) is 106 cm³/mol. The Morgan fingerprint density at radius 1 is 1.19 bits per heavy atom. The Morgan fingerprint density at radius 3 is 2.33 bits per heavy atom. The predicted octanol–water partition coefficient (Wildman–Crippen LogP) is 0.851. The largest absolute Gasteiger partial charge is 0.497 e. The topological polar surface area (TPSA) is 70.2 Å². The van der Waals surface area contributed by atoms with Gasteiger partial charge in [-0.3, -0.25) is 9.69 Å². The van der Waals surface area contributed by atoms with Crippen LogP contribution >= 0.6 is 0 Å². The summed E-state index contributed by atoms with van der Waals surface area (Å²) in [5.74, 6) is 1.13. The highest BCUT2D eigenvalue weighted by atomic mass is 32.2. The van der Waals surface area contributed by atoms with Gasteiger partial charge in [-0.15, -0.1) is 0 Å². The van der Waals surface area contributed by atoms with Crippen molar-refractivity contribution in [2.24, 2.45) is 0 Å². The van der Waals surface area contributed by atoms with E-state index >= 15 is 0 Å². The Balaban J connectivity index is 1.54. The zero-order valence-corrected chi connectivity index (χ0v) is 17.1. The van der Waals surface area contributed by atoms with E-state index < -0.39 is 9.84 Å². The molecule has 8 heteroatoms. The third-order valence-electron chi connectivity index (χ3n) is 5.76. The number of nitrogens with zero attached hydrogens (tertiary/aromatic N) is 3. The van der Waals surface area contributed by atoms with Gasteiger partial charge >= 0.3 is 0 Å². The Kier molecular flexibility index (Phi) is 5.95. The first-order valence-electron chi connectivity index (χ1n) is 9.41. The molecule has 2 fully saturated rings. The molecule has 0 aromatic heterocycles. The van der Waals surface area contributed by atoms with E-state index in [-0.39, 0.29) is 29.5 Å². The van der Waals surface area contributed by atoms with E-state index in [0.717, 1.165) is 37.6 Å². The van der Waals surface area contributed by atoms with Gasteiger partial charge in [0.05, 0.1) is 24.7 Å². The number of sulfone groups is 1. The summed E-state index contributed by atoms with van der Waals surface area (Å²) in [6.45, 7) is 5.23. The molecule has 0 spiro atoms. The molecule has 1 aromatic carbocycles. The number of ether oxygens (including phenoxy) is 1. The molecule has 2 atom stereocenters. The molecular formula is C19H29N3O4S. The lowest BCUT2D eigenvalue weighted by Gasteiger charge is -2.40. The van der Waals surface area contributed by atoms with E-state index in [2.05, 4.69) is 21.9 Å². The molecule has 0 N–H and O–H groups in total. The summed E-state index contributed by atoms with van der Waals surface area (Å²) in [5.41, 5.74) is 1.16. The quantitative estimate of drug-likeness (QED) is 0.736. The highest BCUT2D eigenvalue weighted by Crippen LogP contribution is 2.22. The van der Waals surface area contributed by atoms with Crippen LogP contribution in [-0.4, -0.2) is 88.1 Å². The van der Waals surface area contributed by atoms with Crippen molar-refractivity contribution in [2.45, 2.75) is 25.4 Å². The highest BCUT2D eigenvalue weighted by Gasteiger charge is 2.35. The van der Waals surface area contributed by atoms with Gasteiger partial charge in [0.1, 0.15) is 5.75 Å². The molecule has 1 amide bonds. The molecule has 150 valence electrons. The SMILES string of the molecule is COc1ccc(N2CCN([C@@H](C)C(=O)N(C)[C@@H]3CCS(=O)(=O)C3)CC2)cc1. The van der Waals surface area contributed by atoms with Gasteiger partial charge in [0.15, 0.2) is 9.84 Å². The third-order valence-corrected chi connectivity index (χ3v) is 7.51. The molecule has 2 heterocycles. The summed E-state index contributed by atoms with van der Waals surface area (Å²) in [7, 11) is 0.400. The number of carbonyl (C=O) groups is 1. The van der Waals surface area contributed by atoms with Crippen molar-refractivity contribution in [1.82, 2.24) is 9.80 Å². The third kappa shape index (κ3) is 4.55. The second-order valence-electron chi connectivity index (χ2n) is 7.40. The number of piperazine rings is 1. The number of anilines is 1. The number of rotatable bonds is 5. The minimum Gasteiger partial charge on any atom is -0.497 e. The van der Waals surface area contributed by atoms with Crippen LogP contribution in [0.15, 0.2) is 24.3 Å². The van der Waals surface area contributed by atoms with Crippen LogP contribution in [0.1, 0.15) is 13.3 Å². The molecule has 7 nitrogen and oxygen atoms in total. The van der Waals surface area contributed by atoms with Gasteiger partial charge in [0, 0.05) is 45.0 Å². The minimum atomic E-state index is -2.99. The Hall–Kier alpha value is -1.80. The summed E-state index contributed by atoms with van der Waals surface area (Å²) in [5, 5.41) is 0. The van der Waals surface area contributed by atoms with Gasteiger partial charge in [-0.2, -0.15) is 0 Å². The first kappa shape index (κ1) is 19.9. The standard InChI is InChI=1S/C19H29N3O4S/c1-15(19(23)20(2)17-8-13-27(24,25)14-17)21-9-11-22(12-10-21)16-4-6-18(26-3)7-5-16/h4-7,15,17H,8-14H2,1-3H3/t15-,17+/m0/s1. The molecule has 2 saturated heterocycles. The van der Waals surface area contributed by atoms with E-state index in [1.165, 1.54) is 0 Å². The van der Waals surface area contributed by atoms with Gasteiger partial charge in [0.2, 0.25) is 5.91 Å². The zero-order valence-electron chi connectivity index (χ0n) is 16.3. The van der Waals surface area contributed by atoms with E-state index in [9.17, 15) is 13.2 Å². The highest BCUT2D eigenvalue weighted by molar-refractivity contribution is 7.91. The average molecular weight is 396 g/mol.